The van der Waals surface area contributed by atoms with Crippen molar-refractivity contribution in [3.8, 4) is 5.75 Å². The van der Waals surface area contributed by atoms with E-state index in [1.54, 1.807) is 21.3 Å². The van der Waals surface area contributed by atoms with Crippen molar-refractivity contribution < 1.29 is 19.0 Å². The Balaban J connectivity index is 2.18. The van der Waals surface area contributed by atoms with Gasteiger partial charge in [-0.2, -0.15) is 0 Å². The second-order valence-corrected chi connectivity index (χ2v) is 4.76. The number of Topliss-reactive ketones (excluding diaryl/α,β-unsaturated/α-hetero) is 1. The minimum atomic E-state index is -0.318. The molecule has 0 aromatic heterocycles. The zero-order chi connectivity index (χ0) is 13.8. The van der Waals surface area contributed by atoms with Crippen LogP contribution in [0.5, 0.6) is 5.75 Å². The van der Waals surface area contributed by atoms with Gasteiger partial charge in [0, 0.05) is 32.1 Å². The Labute approximate surface area is 113 Å². The quantitative estimate of drug-likeness (QED) is 0.766. The van der Waals surface area contributed by atoms with Gasteiger partial charge in [-0.25, -0.2) is 0 Å². The molecule has 0 aliphatic heterocycles. The van der Waals surface area contributed by atoms with Gasteiger partial charge in [0.2, 0.25) is 0 Å². The maximum atomic E-state index is 12.5. The van der Waals surface area contributed by atoms with Gasteiger partial charge in [0.15, 0.2) is 12.1 Å². The molecule has 104 valence electrons. The van der Waals surface area contributed by atoms with E-state index in [0.29, 0.717) is 6.42 Å². The smallest absolute Gasteiger partial charge is 0.166 e. The second kappa shape index (κ2) is 6.17. The van der Waals surface area contributed by atoms with Crippen LogP contribution in [0, 0.1) is 5.92 Å². The van der Waals surface area contributed by atoms with Crippen molar-refractivity contribution in [3.63, 3.8) is 0 Å². The molecule has 0 spiro atoms. The molecule has 1 aromatic carbocycles. The van der Waals surface area contributed by atoms with Gasteiger partial charge in [0.05, 0.1) is 7.11 Å². The number of ketones is 1. The standard InChI is InChI=1S/C15H20O4/c1-17-12-7-6-10-4-5-11(8-14(18-2)19-3)15(16)13(10)9-12/h6-7,9,11,14H,4-5,8H2,1-3H3. The van der Waals surface area contributed by atoms with Gasteiger partial charge in [-0.15, -0.1) is 0 Å². The van der Waals surface area contributed by atoms with E-state index in [0.717, 1.165) is 29.7 Å². The Kier molecular flexibility index (Phi) is 4.56. The third-order valence-electron chi connectivity index (χ3n) is 3.72. The average Bonchev–Trinajstić information content (AvgIpc) is 2.46. The highest BCUT2D eigenvalue weighted by Gasteiger charge is 2.29. The largest absolute Gasteiger partial charge is 0.497 e. The molecule has 1 atom stereocenters. The van der Waals surface area contributed by atoms with Crippen LogP contribution in [-0.2, 0) is 15.9 Å². The van der Waals surface area contributed by atoms with Gasteiger partial charge in [-0.3, -0.25) is 4.79 Å². The molecule has 0 saturated carbocycles. The van der Waals surface area contributed by atoms with Crippen molar-refractivity contribution in [2.24, 2.45) is 5.92 Å². The summed E-state index contributed by atoms with van der Waals surface area (Å²) >= 11 is 0. The van der Waals surface area contributed by atoms with E-state index in [9.17, 15) is 4.79 Å². The maximum Gasteiger partial charge on any atom is 0.166 e. The van der Waals surface area contributed by atoms with Crippen molar-refractivity contribution >= 4 is 5.78 Å². The summed E-state index contributed by atoms with van der Waals surface area (Å²) in [5.41, 5.74) is 1.88. The summed E-state index contributed by atoms with van der Waals surface area (Å²) in [5, 5.41) is 0. The van der Waals surface area contributed by atoms with E-state index in [4.69, 9.17) is 14.2 Å². The number of carbonyl (C=O) groups excluding carboxylic acids is 1. The van der Waals surface area contributed by atoms with Crippen LogP contribution in [0.25, 0.3) is 0 Å². The van der Waals surface area contributed by atoms with Gasteiger partial charge >= 0.3 is 0 Å². The molecule has 4 heteroatoms. The first-order valence-corrected chi connectivity index (χ1v) is 6.46. The van der Waals surface area contributed by atoms with Crippen molar-refractivity contribution in [1.29, 1.82) is 0 Å². The third-order valence-corrected chi connectivity index (χ3v) is 3.72. The lowest BCUT2D eigenvalue weighted by atomic mass is 9.81. The molecule has 1 aliphatic rings. The first-order chi connectivity index (χ1) is 9.19. The van der Waals surface area contributed by atoms with Gasteiger partial charge in [-0.05, 0) is 30.5 Å². The Morgan fingerprint density at radius 2 is 2.00 bits per heavy atom. The summed E-state index contributed by atoms with van der Waals surface area (Å²) in [5.74, 6) is 0.853. The highest BCUT2D eigenvalue weighted by Crippen LogP contribution is 2.31. The average molecular weight is 264 g/mol. The lowest BCUT2D eigenvalue weighted by Crippen LogP contribution is -2.28. The molecule has 19 heavy (non-hydrogen) atoms. The molecule has 0 saturated heterocycles. The predicted molar refractivity (Wildman–Crippen MR) is 71.6 cm³/mol. The molecular weight excluding hydrogens is 244 g/mol. The maximum absolute atomic E-state index is 12.5. The fraction of sp³-hybridized carbons (Fsp3) is 0.533. The van der Waals surface area contributed by atoms with Crippen molar-refractivity contribution in [3.05, 3.63) is 29.3 Å². The monoisotopic (exact) mass is 264 g/mol. The Morgan fingerprint density at radius 3 is 2.63 bits per heavy atom. The van der Waals surface area contributed by atoms with Gasteiger partial charge < -0.3 is 14.2 Å². The van der Waals surface area contributed by atoms with Crippen LogP contribution in [0.2, 0.25) is 0 Å². The van der Waals surface area contributed by atoms with Crippen molar-refractivity contribution in [1.82, 2.24) is 0 Å². The number of hydrogen-bond donors (Lipinski definition) is 0. The summed E-state index contributed by atoms with van der Waals surface area (Å²) < 4.78 is 15.6. The lowest BCUT2D eigenvalue weighted by molar-refractivity contribution is -0.112. The zero-order valence-electron chi connectivity index (χ0n) is 11.6. The van der Waals surface area contributed by atoms with Crippen LogP contribution >= 0.6 is 0 Å². The van der Waals surface area contributed by atoms with Crippen LogP contribution in [0.3, 0.4) is 0 Å². The number of carbonyl (C=O) groups is 1. The van der Waals surface area contributed by atoms with Crippen LogP contribution < -0.4 is 4.74 Å². The van der Waals surface area contributed by atoms with Crippen LogP contribution in [-0.4, -0.2) is 33.4 Å². The molecule has 1 aliphatic carbocycles. The van der Waals surface area contributed by atoms with Gasteiger partial charge in [0.25, 0.3) is 0 Å². The number of ether oxygens (including phenoxy) is 3. The summed E-state index contributed by atoms with van der Waals surface area (Å²) in [7, 11) is 4.80. The first-order valence-electron chi connectivity index (χ1n) is 6.46. The minimum Gasteiger partial charge on any atom is -0.497 e. The summed E-state index contributed by atoms with van der Waals surface area (Å²) in [6.07, 6.45) is 2.04. The fourth-order valence-electron chi connectivity index (χ4n) is 2.56. The van der Waals surface area contributed by atoms with Gasteiger partial charge in [-0.1, -0.05) is 6.07 Å². The molecule has 1 aromatic rings. The second-order valence-electron chi connectivity index (χ2n) is 4.76. The molecule has 4 nitrogen and oxygen atoms in total. The molecule has 0 N–H and O–H groups in total. The van der Waals surface area contributed by atoms with Crippen molar-refractivity contribution in [2.75, 3.05) is 21.3 Å². The van der Waals surface area contributed by atoms with Crippen LogP contribution in [0.15, 0.2) is 18.2 Å². The van der Waals surface area contributed by atoms with Gasteiger partial charge in [0.1, 0.15) is 5.75 Å². The molecule has 0 fully saturated rings. The highest BCUT2D eigenvalue weighted by molar-refractivity contribution is 6.00. The molecule has 2 rings (SSSR count). The number of hydrogen-bond acceptors (Lipinski definition) is 4. The predicted octanol–water partition coefficient (Wildman–Crippen LogP) is 2.45. The highest BCUT2D eigenvalue weighted by atomic mass is 16.7. The summed E-state index contributed by atoms with van der Waals surface area (Å²) in [6, 6.07) is 5.71. The lowest BCUT2D eigenvalue weighted by Gasteiger charge is -2.26. The van der Waals surface area contributed by atoms with Crippen LogP contribution in [0.1, 0.15) is 28.8 Å². The van der Waals surface area contributed by atoms with E-state index in [1.807, 2.05) is 18.2 Å². The van der Waals surface area contributed by atoms with E-state index in [-0.39, 0.29) is 18.0 Å². The van der Waals surface area contributed by atoms with E-state index < -0.39 is 0 Å². The Bertz CT molecular complexity index is 451. The molecular formula is C15H20O4. The molecule has 0 bridgehead atoms. The molecule has 0 amide bonds. The normalized spacial score (nSPS) is 18.5. The minimum absolute atomic E-state index is 0.0375. The summed E-state index contributed by atoms with van der Waals surface area (Å²) in [6.45, 7) is 0. The fourth-order valence-corrected chi connectivity index (χ4v) is 2.56. The van der Waals surface area contributed by atoms with Crippen molar-refractivity contribution in [2.45, 2.75) is 25.6 Å². The van der Waals surface area contributed by atoms with E-state index in [2.05, 4.69) is 0 Å². The number of rotatable bonds is 5. The number of benzene rings is 1. The third kappa shape index (κ3) is 2.96. The first kappa shape index (κ1) is 14.0. The molecule has 0 heterocycles. The van der Waals surface area contributed by atoms with E-state index >= 15 is 0 Å². The van der Waals surface area contributed by atoms with E-state index in [1.165, 1.54) is 0 Å². The van der Waals surface area contributed by atoms with Crippen LogP contribution in [0.4, 0.5) is 0 Å². The summed E-state index contributed by atoms with van der Waals surface area (Å²) in [4.78, 5) is 12.5. The zero-order valence-corrected chi connectivity index (χ0v) is 11.6. The SMILES string of the molecule is COc1ccc2c(c1)C(=O)C(CC(OC)OC)CC2. The number of fused-ring (bicyclic) bond motifs is 1. The Morgan fingerprint density at radius 1 is 1.26 bits per heavy atom. The molecule has 0 radical (unpaired) electrons. The Hall–Kier alpha value is -1.39. The molecule has 1 unspecified atom stereocenters. The topological polar surface area (TPSA) is 44.8 Å². The number of methoxy groups -OCH3 is 3. The number of aryl methyl sites for hydroxylation is 1.